The maximum Gasteiger partial charge on any atom is 0.0705 e. The summed E-state index contributed by atoms with van der Waals surface area (Å²) in [6.07, 6.45) is 5.77. The molecule has 0 amide bonds. The summed E-state index contributed by atoms with van der Waals surface area (Å²) in [6, 6.07) is 12.6. The van der Waals surface area contributed by atoms with Gasteiger partial charge in [-0.25, -0.2) is 0 Å². The van der Waals surface area contributed by atoms with Crippen molar-refractivity contribution in [3.05, 3.63) is 60.0 Å². The van der Waals surface area contributed by atoms with Crippen molar-refractivity contribution >= 4 is 28.4 Å². The van der Waals surface area contributed by atoms with Gasteiger partial charge in [0.05, 0.1) is 17.4 Å². The van der Waals surface area contributed by atoms with Crippen molar-refractivity contribution < 1.29 is 0 Å². The van der Waals surface area contributed by atoms with Crippen molar-refractivity contribution in [1.82, 2.24) is 9.97 Å². The van der Waals surface area contributed by atoms with Crippen LogP contribution in [0.1, 0.15) is 11.3 Å². The topological polar surface area (TPSA) is 37.8 Å². The van der Waals surface area contributed by atoms with E-state index < -0.39 is 0 Å². The third-order valence-electron chi connectivity index (χ3n) is 3.38. The van der Waals surface area contributed by atoms with Crippen LogP contribution in [-0.2, 0) is 6.54 Å². The first-order chi connectivity index (χ1) is 10.3. The van der Waals surface area contributed by atoms with Gasteiger partial charge in [0.1, 0.15) is 0 Å². The molecule has 21 heavy (non-hydrogen) atoms. The number of benzene rings is 1. The Kier molecular flexibility index (Phi) is 4.06. The molecule has 0 fully saturated rings. The number of nitrogens with zero attached hydrogens (tertiary/aromatic N) is 2. The minimum Gasteiger partial charge on any atom is -0.379 e. The molecule has 1 aromatic carbocycles. The molecule has 3 nitrogen and oxygen atoms in total. The largest absolute Gasteiger partial charge is 0.379 e. The summed E-state index contributed by atoms with van der Waals surface area (Å²) in [4.78, 5) is 9.92. The van der Waals surface area contributed by atoms with Crippen LogP contribution < -0.4 is 5.32 Å². The van der Waals surface area contributed by atoms with Crippen LogP contribution in [-0.4, -0.2) is 16.2 Å². The van der Waals surface area contributed by atoms with Gasteiger partial charge >= 0.3 is 0 Å². The molecule has 106 valence electrons. The summed E-state index contributed by atoms with van der Waals surface area (Å²) in [6.45, 7) is 2.80. The number of nitrogens with one attached hydrogen (secondary N) is 1. The molecule has 0 atom stereocenters. The number of pyridine rings is 2. The number of rotatable bonds is 4. The van der Waals surface area contributed by atoms with E-state index in [0.29, 0.717) is 0 Å². The minimum absolute atomic E-state index is 0.781. The SMILES string of the molecule is CSc1ccncc1NCc1ccc2nc(C)ccc2c1. The standard InChI is InChI=1S/C17H17N3S/c1-12-3-5-14-9-13(4-6-15(14)20-12)10-19-16-11-18-8-7-17(16)21-2/h3-9,11,19H,10H2,1-2H3. The quantitative estimate of drug-likeness (QED) is 0.729. The predicted octanol–water partition coefficient (Wildman–Crippen LogP) is 4.27. The lowest BCUT2D eigenvalue weighted by molar-refractivity contribution is 1.11. The van der Waals surface area contributed by atoms with E-state index in [1.807, 2.05) is 31.5 Å². The average Bonchev–Trinajstić information content (AvgIpc) is 2.53. The number of hydrogen-bond donors (Lipinski definition) is 1. The molecule has 2 aromatic heterocycles. The summed E-state index contributed by atoms with van der Waals surface area (Å²) in [7, 11) is 0. The number of hydrogen-bond acceptors (Lipinski definition) is 4. The van der Waals surface area contributed by atoms with Crippen molar-refractivity contribution in [3.63, 3.8) is 0 Å². The maximum absolute atomic E-state index is 4.53. The second kappa shape index (κ2) is 6.14. The van der Waals surface area contributed by atoms with Gasteiger partial charge < -0.3 is 5.32 Å². The van der Waals surface area contributed by atoms with Crippen molar-refractivity contribution in [1.29, 1.82) is 0 Å². The molecule has 3 aromatic rings. The van der Waals surface area contributed by atoms with Crippen LogP contribution in [0.4, 0.5) is 5.69 Å². The third-order valence-corrected chi connectivity index (χ3v) is 4.17. The van der Waals surface area contributed by atoms with Crippen LogP contribution >= 0.6 is 11.8 Å². The summed E-state index contributed by atoms with van der Waals surface area (Å²) in [5.41, 5.74) is 4.41. The third kappa shape index (κ3) is 3.16. The molecule has 0 aliphatic heterocycles. The fraction of sp³-hybridized carbons (Fsp3) is 0.176. The first-order valence-corrected chi connectivity index (χ1v) is 8.07. The Morgan fingerprint density at radius 2 is 2.05 bits per heavy atom. The Morgan fingerprint density at radius 3 is 2.90 bits per heavy atom. The fourth-order valence-electron chi connectivity index (χ4n) is 2.28. The van der Waals surface area contributed by atoms with E-state index in [9.17, 15) is 0 Å². The van der Waals surface area contributed by atoms with Gasteiger partial charge in [0.2, 0.25) is 0 Å². The van der Waals surface area contributed by atoms with Crippen LogP contribution in [0.2, 0.25) is 0 Å². The fourth-order valence-corrected chi connectivity index (χ4v) is 2.82. The summed E-state index contributed by atoms with van der Waals surface area (Å²) >= 11 is 1.72. The molecule has 1 N–H and O–H groups in total. The Hall–Kier alpha value is -2.07. The molecule has 3 rings (SSSR count). The number of fused-ring (bicyclic) bond motifs is 1. The van der Waals surface area contributed by atoms with E-state index in [2.05, 4.69) is 45.8 Å². The van der Waals surface area contributed by atoms with Gasteiger partial charge in [-0.3, -0.25) is 9.97 Å². The van der Waals surface area contributed by atoms with Crippen LogP contribution in [0.3, 0.4) is 0 Å². The lowest BCUT2D eigenvalue weighted by Gasteiger charge is -2.10. The average molecular weight is 295 g/mol. The van der Waals surface area contributed by atoms with E-state index in [0.717, 1.165) is 23.4 Å². The van der Waals surface area contributed by atoms with Gasteiger partial charge in [-0.15, -0.1) is 11.8 Å². The van der Waals surface area contributed by atoms with Gasteiger partial charge in [0, 0.05) is 28.7 Å². The van der Waals surface area contributed by atoms with Crippen molar-refractivity contribution in [2.24, 2.45) is 0 Å². The zero-order chi connectivity index (χ0) is 14.7. The highest BCUT2D eigenvalue weighted by Crippen LogP contribution is 2.24. The van der Waals surface area contributed by atoms with E-state index >= 15 is 0 Å². The van der Waals surface area contributed by atoms with E-state index in [-0.39, 0.29) is 0 Å². The summed E-state index contributed by atoms with van der Waals surface area (Å²) in [5, 5.41) is 4.63. The van der Waals surface area contributed by atoms with E-state index in [4.69, 9.17) is 0 Å². The number of anilines is 1. The highest BCUT2D eigenvalue weighted by atomic mass is 32.2. The zero-order valence-corrected chi connectivity index (χ0v) is 12.9. The van der Waals surface area contributed by atoms with Crippen molar-refractivity contribution in [3.8, 4) is 0 Å². The Bertz CT molecular complexity index is 771. The van der Waals surface area contributed by atoms with Crippen LogP contribution in [0.5, 0.6) is 0 Å². The van der Waals surface area contributed by atoms with E-state index in [1.165, 1.54) is 15.8 Å². The molecule has 2 heterocycles. The van der Waals surface area contributed by atoms with Gasteiger partial charge in [-0.1, -0.05) is 12.1 Å². The summed E-state index contributed by atoms with van der Waals surface area (Å²) < 4.78 is 0. The predicted molar refractivity (Wildman–Crippen MR) is 89.8 cm³/mol. The molecule has 0 aliphatic rings. The molecular weight excluding hydrogens is 278 g/mol. The van der Waals surface area contributed by atoms with Gasteiger partial charge in [-0.05, 0) is 43.0 Å². The van der Waals surface area contributed by atoms with Gasteiger partial charge in [-0.2, -0.15) is 0 Å². The number of thioether (sulfide) groups is 1. The zero-order valence-electron chi connectivity index (χ0n) is 12.1. The monoisotopic (exact) mass is 295 g/mol. The Labute approximate surface area is 128 Å². The molecule has 0 saturated carbocycles. The maximum atomic E-state index is 4.53. The van der Waals surface area contributed by atoms with E-state index in [1.54, 1.807) is 11.8 Å². The lowest BCUT2D eigenvalue weighted by Crippen LogP contribution is -2.01. The second-order valence-corrected chi connectivity index (χ2v) is 5.76. The molecule has 0 saturated heterocycles. The van der Waals surface area contributed by atoms with Gasteiger partial charge in [0.15, 0.2) is 0 Å². The minimum atomic E-state index is 0.781. The normalized spacial score (nSPS) is 10.8. The van der Waals surface area contributed by atoms with Crippen LogP contribution in [0, 0.1) is 6.92 Å². The number of aryl methyl sites for hydroxylation is 1. The first-order valence-electron chi connectivity index (χ1n) is 6.84. The molecule has 4 heteroatoms. The Morgan fingerprint density at radius 1 is 1.14 bits per heavy atom. The highest BCUT2D eigenvalue weighted by molar-refractivity contribution is 7.98. The molecule has 0 bridgehead atoms. The molecule has 0 aliphatic carbocycles. The molecule has 0 unspecified atom stereocenters. The molecule has 0 spiro atoms. The highest BCUT2D eigenvalue weighted by Gasteiger charge is 2.02. The smallest absolute Gasteiger partial charge is 0.0705 e. The molecule has 0 radical (unpaired) electrons. The van der Waals surface area contributed by atoms with Gasteiger partial charge in [0.25, 0.3) is 0 Å². The van der Waals surface area contributed by atoms with Crippen molar-refractivity contribution in [2.45, 2.75) is 18.4 Å². The van der Waals surface area contributed by atoms with Crippen LogP contribution in [0.25, 0.3) is 10.9 Å². The number of aromatic nitrogens is 2. The Balaban J connectivity index is 1.80. The molecular formula is C17H17N3S. The lowest BCUT2D eigenvalue weighted by atomic mass is 10.1. The van der Waals surface area contributed by atoms with Crippen LogP contribution in [0.15, 0.2) is 53.7 Å². The second-order valence-electron chi connectivity index (χ2n) is 4.91. The summed E-state index contributed by atoms with van der Waals surface area (Å²) in [5.74, 6) is 0. The van der Waals surface area contributed by atoms with Crippen molar-refractivity contribution in [2.75, 3.05) is 11.6 Å². The first kappa shape index (κ1) is 13.9.